The predicted octanol–water partition coefficient (Wildman–Crippen LogP) is 2.66. The van der Waals surface area contributed by atoms with Crippen LogP contribution in [0.15, 0.2) is 21.6 Å². The van der Waals surface area contributed by atoms with Crippen LogP contribution in [0.25, 0.3) is 11.0 Å². The molecule has 0 saturated heterocycles. The lowest BCUT2D eigenvalue weighted by molar-refractivity contribution is 0.325. The molecule has 4 heterocycles. The van der Waals surface area contributed by atoms with Gasteiger partial charge in [0.05, 0.1) is 29.9 Å². The number of nitrogens with two attached hydrogens (primary N) is 1. The molecule has 0 radical (unpaired) electrons. The van der Waals surface area contributed by atoms with Gasteiger partial charge in [-0.2, -0.15) is 10.1 Å². The van der Waals surface area contributed by atoms with Gasteiger partial charge in [0.1, 0.15) is 5.03 Å². The van der Waals surface area contributed by atoms with Gasteiger partial charge in [0.25, 0.3) is 0 Å². The second-order valence-corrected chi connectivity index (χ2v) is 7.24. The Kier molecular flexibility index (Phi) is 4.05. The van der Waals surface area contributed by atoms with Crippen LogP contribution in [-0.2, 0) is 13.0 Å². The third kappa shape index (κ3) is 2.71. The molecule has 2 N–H and O–H groups in total. The molecule has 0 bridgehead atoms. The molecule has 124 valence electrons. The molecule has 0 atom stereocenters. The van der Waals surface area contributed by atoms with Crippen LogP contribution in [-0.4, -0.2) is 37.1 Å². The quantitative estimate of drug-likeness (QED) is 0.665. The van der Waals surface area contributed by atoms with Gasteiger partial charge in [-0.1, -0.05) is 0 Å². The number of aryl methyl sites for hydroxylation is 1. The topological polar surface area (TPSA) is 91.7 Å². The average molecular weight is 407 g/mol. The van der Waals surface area contributed by atoms with Crippen LogP contribution in [0.1, 0.15) is 18.3 Å². The number of nitrogens with zero attached hydrogens (tertiary/aromatic N) is 5. The zero-order valence-electron chi connectivity index (χ0n) is 13.0. The van der Waals surface area contributed by atoms with Crippen LogP contribution in [0.5, 0.6) is 5.88 Å². The molecule has 7 nitrogen and oxygen atoms in total. The normalized spacial score (nSPS) is 13.4. The minimum atomic E-state index is 0.273. The van der Waals surface area contributed by atoms with Gasteiger partial charge in [0.15, 0.2) is 5.65 Å². The summed E-state index contributed by atoms with van der Waals surface area (Å²) in [4.78, 5) is 13.3. The van der Waals surface area contributed by atoms with E-state index in [1.165, 1.54) is 0 Å². The Balaban J connectivity index is 1.80. The zero-order valence-corrected chi connectivity index (χ0v) is 15.4. The number of ether oxygens (including phenoxy) is 1. The molecule has 0 aliphatic carbocycles. The maximum Gasteiger partial charge on any atom is 0.223 e. The molecule has 4 rings (SSSR count). The van der Waals surface area contributed by atoms with Crippen molar-refractivity contribution < 1.29 is 4.74 Å². The summed E-state index contributed by atoms with van der Waals surface area (Å²) in [7, 11) is 0. The fourth-order valence-corrected chi connectivity index (χ4v) is 4.05. The van der Waals surface area contributed by atoms with Crippen molar-refractivity contribution >= 4 is 44.7 Å². The first-order chi connectivity index (χ1) is 11.7. The largest absolute Gasteiger partial charge is 0.478 e. The lowest BCUT2D eigenvalue weighted by atomic mass is 10.2. The fraction of sp³-hybridized carbons (Fsp3) is 0.333. The van der Waals surface area contributed by atoms with E-state index in [0.717, 1.165) is 44.1 Å². The first-order valence-electron chi connectivity index (χ1n) is 7.59. The van der Waals surface area contributed by atoms with Gasteiger partial charge in [-0.05, 0) is 28.9 Å². The second-order valence-electron chi connectivity index (χ2n) is 5.30. The van der Waals surface area contributed by atoms with Crippen LogP contribution in [0.2, 0.25) is 0 Å². The van der Waals surface area contributed by atoms with Crippen LogP contribution in [0.4, 0.5) is 5.95 Å². The number of aromatic nitrogens is 5. The van der Waals surface area contributed by atoms with Crippen molar-refractivity contribution in [3.05, 3.63) is 28.0 Å². The van der Waals surface area contributed by atoms with Crippen LogP contribution < -0.4 is 10.5 Å². The second kappa shape index (κ2) is 6.21. The molecule has 24 heavy (non-hydrogen) atoms. The number of hydrogen-bond donors (Lipinski definition) is 1. The van der Waals surface area contributed by atoms with Gasteiger partial charge in [-0.15, -0.1) is 11.8 Å². The number of rotatable bonds is 4. The Morgan fingerprint density at radius 3 is 3.04 bits per heavy atom. The number of anilines is 1. The highest BCUT2D eigenvalue weighted by molar-refractivity contribution is 9.10. The van der Waals surface area contributed by atoms with Gasteiger partial charge in [0.2, 0.25) is 11.8 Å². The van der Waals surface area contributed by atoms with Gasteiger partial charge in [-0.25, -0.2) is 14.6 Å². The smallest absolute Gasteiger partial charge is 0.223 e. The number of halogens is 1. The SMILES string of the molecule is CCOc1ccc(Br)c(Cn2nc3c4c(nc(N)nc42)SCC3)n1. The lowest BCUT2D eigenvalue weighted by Gasteiger charge is -2.09. The van der Waals surface area contributed by atoms with E-state index in [-0.39, 0.29) is 5.95 Å². The van der Waals surface area contributed by atoms with Gasteiger partial charge < -0.3 is 10.5 Å². The molecule has 0 unspecified atom stereocenters. The summed E-state index contributed by atoms with van der Waals surface area (Å²) < 4.78 is 8.24. The summed E-state index contributed by atoms with van der Waals surface area (Å²) in [5, 5.41) is 6.65. The minimum Gasteiger partial charge on any atom is -0.478 e. The van der Waals surface area contributed by atoms with Gasteiger partial charge >= 0.3 is 0 Å². The van der Waals surface area contributed by atoms with E-state index in [0.29, 0.717) is 19.0 Å². The minimum absolute atomic E-state index is 0.273. The Hall–Kier alpha value is -1.87. The summed E-state index contributed by atoms with van der Waals surface area (Å²) in [5.41, 5.74) is 8.49. The predicted molar refractivity (Wildman–Crippen MR) is 96.4 cm³/mol. The molecule has 3 aromatic rings. The van der Waals surface area contributed by atoms with Crippen molar-refractivity contribution in [2.75, 3.05) is 18.1 Å². The van der Waals surface area contributed by atoms with Crippen LogP contribution in [0.3, 0.4) is 0 Å². The third-order valence-electron chi connectivity index (χ3n) is 3.71. The monoisotopic (exact) mass is 406 g/mol. The Morgan fingerprint density at radius 2 is 2.21 bits per heavy atom. The van der Waals surface area contributed by atoms with E-state index in [1.54, 1.807) is 11.8 Å². The highest BCUT2D eigenvalue weighted by Crippen LogP contribution is 2.34. The average Bonchev–Trinajstić information content (AvgIpc) is 2.90. The summed E-state index contributed by atoms with van der Waals surface area (Å²) in [6.07, 6.45) is 0.905. The van der Waals surface area contributed by atoms with Gasteiger partial charge in [-0.3, -0.25) is 0 Å². The molecule has 1 aliphatic heterocycles. The van der Waals surface area contributed by atoms with Crippen molar-refractivity contribution in [1.29, 1.82) is 0 Å². The molecule has 3 aromatic heterocycles. The van der Waals surface area contributed by atoms with E-state index in [9.17, 15) is 0 Å². The van der Waals surface area contributed by atoms with Crippen molar-refractivity contribution in [2.45, 2.75) is 24.9 Å². The fourth-order valence-electron chi connectivity index (χ4n) is 2.71. The van der Waals surface area contributed by atoms with Crippen molar-refractivity contribution in [3.8, 4) is 5.88 Å². The summed E-state index contributed by atoms with van der Waals surface area (Å²) in [6, 6.07) is 3.77. The molecule has 0 saturated carbocycles. The third-order valence-corrected chi connectivity index (χ3v) is 5.41. The van der Waals surface area contributed by atoms with Crippen molar-refractivity contribution in [1.82, 2.24) is 24.7 Å². The highest BCUT2D eigenvalue weighted by Gasteiger charge is 2.22. The Bertz CT molecular complexity index is 928. The number of pyridine rings is 1. The molecule has 9 heteroatoms. The van der Waals surface area contributed by atoms with E-state index in [4.69, 9.17) is 15.6 Å². The van der Waals surface area contributed by atoms with Crippen LogP contribution in [0, 0.1) is 0 Å². The van der Waals surface area contributed by atoms with E-state index in [1.807, 2.05) is 23.7 Å². The molecule has 0 fully saturated rings. The molecule has 0 aromatic carbocycles. The molecular weight excluding hydrogens is 392 g/mol. The van der Waals surface area contributed by atoms with E-state index >= 15 is 0 Å². The first-order valence-corrected chi connectivity index (χ1v) is 9.37. The number of hydrogen-bond acceptors (Lipinski definition) is 7. The molecule has 1 aliphatic rings. The van der Waals surface area contributed by atoms with Crippen molar-refractivity contribution in [3.63, 3.8) is 0 Å². The summed E-state index contributed by atoms with van der Waals surface area (Å²) >= 11 is 5.25. The maximum atomic E-state index is 5.87. The van der Waals surface area contributed by atoms with Gasteiger partial charge in [0, 0.05) is 22.7 Å². The standard InChI is InChI=1S/C15H15BrN6OS/c1-2-23-11-4-3-8(16)10(18-11)7-22-13-12-9(21-22)5-6-24-14(12)20-15(17)19-13/h3-4H,2,5-7H2,1H3,(H2,17,19,20). The Morgan fingerprint density at radius 1 is 1.33 bits per heavy atom. The zero-order chi connectivity index (χ0) is 16.7. The Labute approximate surface area is 151 Å². The van der Waals surface area contributed by atoms with Crippen molar-refractivity contribution in [2.24, 2.45) is 0 Å². The lowest BCUT2D eigenvalue weighted by Crippen LogP contribution is -2.07. The highest BCUT2D eigenvalue weighted by atomic mass is 79.9. The summed E-state index contributed by atoms with van der Waals surface area (Å²) in [5.74, 6) is 1.83. The van der Waals surface area contributed by atoms with E-state index in [2.05, 4.69) is 30.9 Å². The molecule has 0 spiro atoms. The molecular formula is C15H15BrN6OS. The number of thioether (sulfide) groups is 1. The molecule has 0 amide bonds. The number of nitrogen functional groups attached to an aromatic ring is 1. The maximum absolute atomic E-state index is 5.87. The summed E-state index contributed by atoms with van der Waals surface area (Å²) in [6.45, 7) is 3.00. The van der Waals surface area contributed by atoms with E-state index < -0.39 is 0 Å². The van der Waals surface area contributed by atoms with Crippen LogP contribution >= 0.6 is 27.7 Å². The first kappa shape index (κ1) is 15.6.